The molecular formula is C21H42IN3O3S. The molecule has 3 unspecified atom stereocenters. The first-order valence-corrected chi connectivity index (χ1v) is 12.2. The fourth-order valence-corrected chi connectivity index (χ4v) is 4.83. The van der Waals surface area contributed by atoms with Gasteiger partial charge in [0, 0.05) is 47.9 Å². The first kappa shape index (κ1) is 28.6. The van der Waals surface area contributed by atoms with Crippen molar-refractivity contribution in [1.82, 2.24) is 10.6 Å². The van der Waals surface area contributed by atoms with Crippen molar-refractivity contribution in [3.05, 3.63) is 0 Å². The van der Waals surface area contributed by atoms with Gasteiger partial charge in [-0.2, -0.15) is 0 Å². The van der Waals surface area contributed by atoms with Crippen molar-refractivity contribution < 1.29 is 13.7 Å². The molecule has 0 spiro atoms. The summed E-state index contributed by atoms with van der Waals surface area (Å²) in [6.07, 6.45) is 8.80. The van der Waals surface area contributed by atoms with Gasteiger partial charge in [0.05, 0.1) is 0 Å². The van der Waals surface area contributed by atoms with Gasteiger partial charge in [0.25, 0.3) is 0 Å². The van der Waals surface area contributed by atoms with E-state index in [9.17, 15) is 9.00 Å². The Bertz CT molecular complexity index is 524. The zero-order valence-corrected chi connectivity index (χ0v) is 22.1. The average molecular weight is 544 g/mol. The van der Waals surface area contributed by atoms with Crippen LogP contribution in [0.15, 0.2) is 4.99 Å². The van der Waals surface area contributed by atoms with Crippen molar-refractivity contribution in [2.24, 2.45) is 4.99 Å². The van der Waals surface area contributed by atoms with Crippen molar-refractivity contribution in [2.75, 3.05) is 19.3 Å². The largest absolute Gasteiger partial charge is 0.460 e. The van der Waals surface area contributed by atoms with E-state index in [2.05, 4.69) is 15.6 Å². The maximum atomic E-state index is 12.1. The van der Waals surface area contributed by atoms with Crippen LogP contribution in [0.25, 0.3) is 0 Å². The van der Waals surface area contributed by atoms with E-state index in [0.717, 1.165) is 69.6 Å². The zero-order chi connectivity index (χ0) is 21.0. The maximum absolute atomic E-state index is 12.1. The van der Waals surface area contributed by atoms with Crippen molar-refractivity contribution >= 4 is 46.7 Å². The van der Waals surface area contributed by atoms with Crippen LogP contribution in [-0.2, 0) is 20.3 Å². The SMILES string of the molecule is CCS(=O)C1CCCC(NC(=NC)NCCCCCCC(=O)OC(C)(C)C)C1.I. The summed E-state index contributed by atoms with van der Waals surface area (Å²) in [6.45, 7) is 8.56. The highest BCUT2D eigenvalue weighted by Crippen LogP contribution is 2.23. The molecule has 1 aliphatic carbocycles. The number of carbonyl (C=O) groups is 1. The fraction of sp³-hybridized carbons (Fsp3) is 0.905. The normalized spacial score (nSPS) is 21.1. The highest BCUT2D eigenvalue weighted by atomic mass is 127. The number of aliphatic imine (C=N–C) groups is 1. The van der Waals surface area contributed by atoms with E-state index >= 15 is 0 Å². The van der Waals surface area contributed by atoms with Gasteiger partial charge in [0.1, 0.15) is 5.60 Å². The third-order valence-electron chi connectivity index (χ3n) is 4.87. The Morgan fingerprint density at radius 2 is 1.86 bits per heavy atom. The highest BCUT2D eigenvalue weighted by molar-refractivity contribution is 14.0. The molecule has 0 aromatic rings. The summed E-state index contributed by atoms with van der Waals surface area (Å²) < 4.78 is 17.4. The Labute approximate surface area is 197 Å². The number of hydrogen-bond donors (Lipinski definition) is 2. The van der Waals surface area contributed by atoms with Gasteiger partial charge in [0.15, 0.2) is 5.96 Å². The summed E-state index contributed by atoms with van der Waals surface area (Å²) >= 11 is 0. The van der Waals surface area contributed by atoms with Crippen molar-refractivity contribution in [1.29, 1.82) is 0 Å². The number of halogens is 1. The van der Waals surface area contributed by atoms with Gasteiger partial charge in [-0.05, 0) is 52.9 Å². The zero-order valence-electron chi connectivity index (χ0n) is 18.9. The van der Waals surface area contributed by atoms with E-state index in [1.807, 2.05) is 27.7 Å². The summed E-state index contributed by atoms with van der Waals surface area (Å²) in [5.41, 5.74) is -0.395. The van der Waals surface area contributed by atoms with Crippen molar-refractivity contribution in [3.63, 3.8) is 0 Å². The lowest BCUT2D eigenvalue weighted by atomic mass is 9.95. The topological polar surface area (TPSA) is 79.8 Å². The molecule has 1 aliphatic rings. The van der Waals surface area contributed by atoms with Crippen LogP contribution < -0.4 is 10.6 Å². The van der Waals surface area contributed by atoms with Crippen LogP contribution in [0.5, 0.6) is 0 Å². The molecule has 6 nitrogen and oxygen atoms in total. The molecule has 172 valence electrons. The Kier molecular flexibility index (Phi) is 15.2. The lowest BCUT2D eigenvalue weighted by molar-refractivity contribution is -0.154. The summed E-state index contributed by atoms with van der Waals surface area (Å²) in [4.78, 5) is 16.0. The number of ether oxygens (including phenoxy) is 1. The Morgan fingerprint density at radius 3 is 2.48 bits per heavy atom. The monoisotopic (exact) mass is 543 g/mol. The lowest BCUT2D eigenvalue weighted by Crippen LogP contribution is -2.46. The Morgan fingerprint density at radius 1 is 1.17 bits per heavy atom. The van der Waals surface area contributed by atoms with Crippen LogP contribution >= 0.6 is 24.0 Å². The molecule has 2 N–H and O–H groups in total. The van der Waals surface area contributed by atoms with E-state index in [4.69, 9.17) is 4.74 Å². The van der Waals surface area contributed by atoms with E-state index in [1.165, 1.54) is 0 Å². The van der Waals surface area contributed by atoms with Crippen LogP contribution in [0.1, 0.15) is 85.5 Å². The fourth-order valence-electron chi connectivity index (χ4n) is 3.49. The van der Waals surface area contributed by atoms with E-state index in [1.54, 1.807) is 7.05 Å². The van der Waals surface area contributed by atoms with Crippen LogP contribution in [0, 0.1) is 0 Å². The second-order valence-electron chi connectivity index (χ2n) is 8.55. The first-order valence-electron chi connectivity index (χ1n) is 10.8. The molecule has 0 heterocycles. The number of carbonyl (C=O) groups excluding carboxylic acids is 1. The second kappa shape index (κ2) is 15.4. The van der Waals surface area contributed by atoms with Crippen LogP contribution in [0.4, 0.5) is 0 Å². The van der Waals surface area contributed by atoms with E-state index in [-0.39, 0.29) is 29.9 Å². The quantitative estimate of drug-likeness (QED) is 0.142. The molecule has 0 amide bonds. The molecule has 0 bridgehead atoms. The number of guanidine groups is 1. The summed E-state index contributed by atoms with van der Waals surface area (Å²) in [5.74, 6) is 1.48. The molecule has 0 aliphatic heterocycles. The molecule has 1 saturated carbocycles. The summed E-state index contributed by atoms with van der Waals surface area (Å²) in [6, 6.07) is 0.356. The van der Waals surface area contributed by atoms with Gasteiger partial charge in [-0.1, -0.05) is 26.2 Å². The molecule has 0 saturated heterocycles. The number of nitrogens with zero attached hydrogens (tertiary/aromatic N) is 1. The maximum Gasteiger partial charge on any atom is 0.306 e. The highest BCUT2D eigenvalue weighted by Gasteiger charge is 2.26. The first-order chi connectivity index (χ1) is 13.2. The molecule has 0 radical (unpaired) electrons. The predicted molar refractivity (Wildman–Crippen MR) is 134 cm³/mol. The molecule has 0 aromatic heterocycles. The van der Waals surface area contributed by atoms with Gasteiger partial charge in [0.2, 0.25) is 0 Å². The molecule has 3 atom stereocenters. The molecule has 8 heteroatoms. The lowest BCUT2D eigenvalue weighted by Gasteiger charge is -2.30. The molecule has 1 fully saturated rings. The van der Waals surface area contributed by atoms with Crippen LogP contribution in [0.2, 0.25) is 0 Å². The minimum absolute atomic E-state index is 0. The second-order valence-corrected chi connectivity index (χ2v) is 10.6. The van der Waals surface area contributed by atoms with Gasteiger partial charge >= 0.3 is 5.97 Å². The number of nitrogens with one attached hydrogen (secondary N) is 2. The minimum Gasteiger partial charge on any atom is -0.460 e. The summed E-state index contributed by atoms with van der Waals surface area (Å²) in [5, 5.41) is 7.19. The van der Waals surface area contributed by atoms with Crippen molar-refractivity contribution in [3.8, 4) is 0 Å². The number of rotatable bonds is 10. The summed E-state index contributed by atoms with van der Waals surface area (Å²) in [7, 11) is 1.09. The van der Waals surface area contributed by atoms with Gasteiger partial charge in [-0.25, -0.2) is 0 Å². The number of hydrogen-bond acceptors (Lipinski definition) is 4. The number of unbranched alkanes of at least 4 members (excludes halogenated alkanes) is 3. The van der Waals surface area contributed by atoms with Crippen molar-refractivity contribution in [2.45, 2.75) is 102 Å². The van der Waals surface area contributed by atoms with E-state index in [0.29, 0.717) is 17.7 Å². The third-order valence-corrected chi connectivity index (χ3v) is 6.61. The molecular weight excluding hydrogens is 501 g/mol. The van der Waals surface area contributed by atoms with E-state index < -0.39 is 16.4 Å². The van der Waals surface area contributed by atoms with Crippen LogP contribution in [0.3, 0.4) is 0 Å². The molecule has 0 aromatic carbocycles. The Balaban J connectivity index is 0.00000784. The smallest absolute Gasteiger partial charge is 0.306 e. The Hall–Kier alpha value is -0.380. The molecule has 29 heavy (non-hydrogen) atoms. The number of esters is 1. The van der Waals surface area contributed by atoms with Crippen LogP contribution in [-0.4, -0.2) is 52.4 Å². The standard InChI is InChI=1S/C21H41N3O3S.HI/c1-6-28(26)18-13-11-12-17(16-18)24-20(22-5)23-15-10-8-7-9-14-19(25)27-21(2,3)4;/h17-18H,6-16H2,1-5H3,(H2,22,23,24);1H. The average Bonchev–Trinajstić information content (AvgIpc) is 2.64. The predicted octanol–water partition coefficient (Wildman–Crippen LogP) is 4.14. The van der Waals surface area contributed by atoms with Gasteiger partial charge < -0.3 is 15.4 Å². The third kappa shape index (κ3) is 13.5. The van der Waals surface area contributed by atoms with Gasteiger partial charge in [-0.15, -0.1) is 24.0 Å². The molecule has 1 rings (SSSR count). The van der Waals surface area contributed by atoms with Gasteiger partial charge in [-0.3, -0.25) is 14.0 Å². The minimum atomic E-state index is -0.704.